The van der Waals surface area contributed by atoms with Crippen molar-refractivity contribution in [3.8, 4) is 0 Å². The first kappa shape index (κ1) is 22.7. The Morgan fingerprint density at radius 3 is 1.70 bits per heavy atom. The molecule has 0 unspecified atom stereocenters. The van der Waals surface area contributed by atoms with Gasteiger partial charge in [0, 0.05) is 6.61 Å². The maximum Gasteiger partial charge on any atom is 0.102 e. The average molecular weight is 352 g/mol. The molecule has 0 saturated heterocycles. The highest BCUT2D eigenvalue weighted by Crippen LogP contribution is 2.08. The molecule has 20 heavy (non-hydrogen) atoms. The lowest BCUT2D eigenvalue weighted by molar-refractivity contribution is -0.906. The monoisotopic (exact) mass is 351 g/mol. The third-order valence-corrected chi connectivity index (χ3v) is 4.44. The molecule has 2 nitrogen and oxygen atoms in total. The lowest BCUT2D eigenvalue weighted by Crippen LogP contribution is -3.00. The molecular weight excluding hydrogens is 314 g/mol. The largest absolute Gasteiger partial charge is 1.00 e. The molecule has 0 radical (unpaired) electrons. The van der Waals surface area contributed by atoms with Crippen molar-refractivity contribution in [2.24, 2.45) is 0 Å². The molecule has 124 valence electrons. The highest BCUT2D eigenvalue weighted by atomic mass is 79.9. The van der Waals surface area contributed by atoms with Gasteiger partial charge < -0.3 is 26.2 Å². The van der Waals surface area contributed by atoms with E-state index in [1.807, 2.05) is 0 Å². The van der Waals surface area contributed by atoms with Gasteiger partial charge in [0.1, 0.15) is 6.54 Å². The Morgan fingerprint density at radius 2 is 1.20 bits per heavy atom. The van der Waals surface area contributed by atoms with Crippen LogP contribution in [-0.4, -0.2) is 44.4 Å². The molecule has 0 atom stereocenters. The number of hydrogen-bond acceptors (Lipinski definition) is 1. The maximum absolute atomic E-state index is 5.76. The predicted octanol–water partition coefficient (Wildman–Crippen LogP) is 1.63. The summed E-state index contributed by atoms with van der Waals surface area (Å²) in [6, 6.07) is 0. The lowest BCUT2D eigenvalue weighted by Gasteiger charge is -2.31. The summed E-state index contributed by atoms with van der Waals surface area (Å²) in [4.78, 5) is 0. The fraction of sp³-hybridized carbons (Fsp3) is 1.00. The van der Waals surface area contributed by atoms with Crippen LogP contribution < -0.4 is 17.0 Å². The first-order valence-electron chi connectivity index (χ1n) is 8.59. The second kappa shape index (κ2) is 15.8. The fourth-order valence-corrected chi connectivity index (χ4v) is 2.26. The highest BCUT2D eigenvalue weighted by molar-refractivity contribution is 4.46. The molecule has 0 bridgehead atoms. The Kier molecular flexibility index (Phi) is 17.9. The van der Waals surface area contributed by atoms with E-state index in [1.165, 1.54) is 64.5 Å². The Labute approximate surface area is 138 Å². The van der Waals surface area contributed by atoms with Gasteiger partial charge in [0.25, 0.3) is 0 Å². The zero-order chi connectivity index (χ0) is 14.4. The molecule has 0 spiro atoms. The number of quaternary nitrogens is 1. The van der Waals surface area contributed by atoms with E-state index < -0.39 is 0 Å². The third-order valence-electron chi connectivity index (χ3n) is 4.44. The van der Waals surface area contributed by atoms with Gasteiger partial charge in [-0.05, 0) is 20.3 Å². The minimum Gasteiger partial charge on any atom is -1.00 e. The van der Waals surface area contributed by atoms with Crippen LogP contribution in [0.4, 0.5) is 0 Å². The summed E-state index contributed by atoms with van der Waals surface area (Å²) in [5.41, 5.74) is 0. The number of ether oxygens (including phenoxy) is 1. The van der Waals surface area contributed by atoms with Crippen LogP contribution in [0.15, 0.2) is 0 Å². The maximum atomic E-state index is 5.76. The Morgan fingerprint density at radius 1 is 0.700 bits per heavy atom. The summed E-state index contributed by atoms with van der Waals surface area (Å²) >= 11 is 0. The van der Waals surface area contributed by atoms with Gasteiger partial charge in [0.2, 0.25) is 0 Å². The molecule has 0 aromatic rings. The first-order chi connectivity index (χ1) is 9.18. The molecule has 0 heterocycles. The summed E-state index contributed by atoms with van der Waals surface area (Å²) in [5.74, 6) is 0. The second-order valence-electron chi connectivity index (χ2n) is 6.06. The first-order valence-corrected chi connectivity index (χ1v) is 8.59. The molecule has 0 N–H and O–H groups in total. The van der Waals surface area contributed by atoms with E-state index in [0.717, 1.165) is 24.2 Å². The number of hydrogen-bond donors (Lipinski definition) is 0. The van der Waals surface area contributed by atoms with E-state index in [0.29, 0.717) is 0 Å². The van der Waals surface area contributed by atoms with Gasteiger partial charge in [-0.1, -0.05) is 51.9 Å². The number of likely N-dealkylation sites (N-methyl/N-ethyl adjacent to an activating group) is 1. The van der Waals surface area contributed by atoms with Crippen molar-refractivity contribution in [3.05, 3.63) is 0 Å². The van der Waals surface area contributed by atoms with E-state index in [9.17, 15) is 0 Å². The van der Waals surface area contributed by atoms with Crippen molar-refractivity contribution < 1.29 is 26.2 Å². The minimum atomic E-state index is 0. The van der Waals surface area contributed by atoms with E-state index >= 15 is 0 Å². The molecule has 0 aliphatic heterocycles. The van der Waals surface area contributed by atoms with Crippen LogP contribution >= 0.6 is 0 Å². The van der Waals surface area contributed by atoms with E-state index in [4.69, 9.17) is 4.74 Å². The molecule has 0 fully saturated rings. The zero-order valence-corrected chi connectivity index (χ0v) is 16.0. The van der Waals surface area contributed by atoms with Gasteiger partial charge >= 0.3 is 0 Å². The summed E-state index contributed by atoms with van der Waals surface area (Å²) in [7, 11) is 2.32. The number of nitrogens with zero attached hydrogens (tertiary/aromatic N) is 1. The molecular formula is C17H38BrNO. The van der Waals surface area contributed by atoms with Crippen molar-refractivity contribution in [3.63, 3.8) is 0 Å². The Bertz CT molecular complexity index is 184. The van der Waals surface area contributed by atoms with Crippen molar-refractivity contribution in [2.45, 2.75) is 72.1 Å². The zero-order valence-electron chi connectivity index (χ0n) is 14.4. The molecule has 0 saturated carbocycles. The van der Waals surface area contributed by atoms with Crippen molar-refractivity contribution in [1.29, 1.82) is 0 Å². The average Bonchev–Trinajstić information content (AvgIpc) is 2.44. The van der Waals surface area contributed by atoms with Crippen molar-refractivity contribution in [2.75, 3.05) is 39.9 Å². The molecule has 0 aromatic carbocycles. The SMILES string of the molecule is CCCCCCCCCCOCC[N+](C)(CC)CC.[Br-]. The Balaban J connectivity index is 0. The topological polar surface area (TPSA) is 9.23 Å². The van der Waals surface area contributed by atoms with Gasteiger partial charge in [-0.2, -0.15) is 0 Å². The quantitative estimate of drug-likeness (QED) is 0.341. The summed E-state index contributed by atoms with van der Waals surface area (Å²) in [6.07, 6.45) is 11.0. The number of unbranched alkanes of at least 4 members (excludes halogenated alkanes) is 7. The van der Waals surface area contributed by atoms with Gasteiger partial charge in [-0.15, -0.1) is 0 Å². The standard InChI is InChI=1S/C17H38NO.BrH/c1-5-8-9-10-11-12-13-14-16-19-17-15-18(4,6-2)7-3;/h5-17H2,1-4H3;1H/q+1;/p-1. The van der Waals surface area contributed by atoms with Crippen molar-refractivity contribution in [1.82, 2.24) is 0 Å². The summed E-state index contributed by atoms with van der Waals surface area (Å²) < 4.78 is 6.90. The van der Waals surface area contributed by atoms with Crippen LogP contribution in [0, 0.1) is 0 Å². The van der Waals surface area contributed by atoms with Gasteiger partial charge in [0.15, 0.2) is 0 Å². The smallest absolute Gasteiger partial charge is 0.102 e. The molecule has 0 amide bonds. The van der Waals surface area contributed by atoms with E-state index in [2.05, 4.69) is 27.8 Å². The molecule has 0 aliphatic rings. The number of halogens is 1. The predicted molar refractivity (Wildman–Crippen MR) is 85.6 cm³/mol. The van der Waals surface area contributed by atoms with Crippen LogP contribution in [0.5, 0.6) is 0 Å². The van der Waals surface area contributed by atoms with Crippen LogP contribution in [0.1, 0.15) is 72.1 Å². The normalized spacial score (nSPS) is 11.4. The fourth-order valence-electron chi connectivity index (χ4n) is 2.26. The van der Waals surface area contributed by atoms with Gasteiger partial charge in [0.05, 0.1) is 26.7 Å². The van der Waals surface area contributed by atoms with Crippen molar-refractivity contribution >= 4 is 0 Å². The Hall–Kier alpha value is 0.400. The molecule has 0 aliphatic carbocycles. The van der Waals surface area contributed by atoms with Crippen LogP contribution in [0.25, 0.3) is 0 Å². The van der Waals surface area contributed by atoms with Crippen LogP contribution in [-0.2, 0) is 4.74 Å². The number of rotatable bonds is 14. The van der Waals surface area contributed by atoms with Gasteiger partial charge in [-0.3, -0.25) is 0 Å². The second-order valence-corrected chi connectivity index (χ2v) is 6.06. The van der Waals surface area contributed by atoms with E-state index in [1.54, 1.807) is 0 Å². The minimum absolute atomic E-state index is 0. The van der Waals surface area contributed by atoms with Crippen LogP contribution in [0.3, 0.4) is 0 Å². The van der Waals surface area contributed by atoms with Crippen LogP contribution in [0.2, 0.25) is 0 Å². The van der Waals surface area contributed by atoms with Gasteiger partial charge in [-0.25, -0.2) is 0 Å². The summed E-state index contributed by atoms with van der Waals surface area (Å²) in [6.45, 7) is 12.3. The molecule has 0 rings (SSSR count). The highest BCUT2D eigenvalue weighted by Gasteiger charge is 2.15. The lowest BCUT2D eigenvalue weighted by atomic mass is 10.1. The van der Waals surface area contributed by atoms with E-state index in [-0.39, 0.29) is 17.0 Å². The summed E-state index contributed by atoms with van der Waals surface area (Å²) in [5, 5.41) is 0. The molecule has 3 heteroatoms. The molecule has 0 aromatic heterocycles. The third kappa shape index (κ3) is 13.4.